The average molecular weight is 260 g/mol. The topological polar surface area (TPSA) is 75.3 Å². The molecule has 0 aromatic rings. The van der Waals surface area contributed by atoms with E-state index < -0.39 is 15.4 Å². The van der Waals surface area contributed by atoms with Crippen molar-refractivity contribution in [2.45, 2.75) is 44.2 Å². The molecular formula is C11H20N2O3S. The minimum atomic E-state index is -2.97. The number of carbonyl (C=O) groups is 1. The van der Waals surface area contributed by atoms with Crippen LogP contribution in [-0.4, -0.2) is 44.0 Å². The second kappa shape index (κ2) is 4.57. The monoisotopic (exact) mass is 260 g/mol. The van der Waals surface area contributed by atoms with Gasteiger partial charge in [-0.1, -0.05) is 6.42 Å². The Hall–Kier alpha value is -0.620. The van der Waals surface area contributed by atoms with Gasteiger partial charge in [-0.3, -0.25) is 4.79 Å². The van der Waals surface area contributed by atoms with Gasteiger partial charge in [0, 0.05) is 0 Å². The first-order valence-corrected chi connectivity index (χ1v) is 7.98. The van der Waals surface area contributed by atoms with Crippen molar-refractivity contribution in [2.24, 2.45) is 0 Å². The van der Waals surface area contributed by atoms with E-state index in [0.717, 1.165) is 25.8 Å². The quantitative estimate of drug-likeness (QED) is 0.722. The molecule has 2 aliphatic rings. The second-order valence-electron chi connectivity index (χ2n) is 5.39. The maximum atomic E-state index is 12.0. The van der Waals surface area contributed by atoms with Crippen molar-refractivity contribution < 1.29 is 13.2 Å². The molecule has 2 unspecified atom stereocenters. The molecule has 2 saturated heterocycles. The lowest BCUT2D eigenvalue weighted by Crippen LogP contribution is -2.54. The first-order valence-electron chi connectivity index (χ1n) is 6.16. The summed E-state index contributed by atoms with van der Waals surface area (Å²) in [6.07, 6.45) is 3.53. The molecule has 0 aromatic heterocycles. The molecule has 2 atom stereocenters. The van der Waals surface area contributed by atoms with Gasteiger partial charge in [0.05, 0.1) is 23.1 Å². The normalized spacial score (nSPS) is 36.6. The highest BCUT2D eigenvalue weighted by Gasteiger charge is 2.40. The Kier molecular flexibility index (Phi) is 3.45. The van der Waals surface area contributed by atoms with Crippen LogP contribution in [0.2, 0.25) is 0 Å². The van der Waals surface area contributed by atoms with Crippen LogP contribution in [0, 0.1) is 0 Å². The summed E-state index contributed by atoms with van der Waals surface area (Å²) in [5.41, 5.74) is -0.574. The number of carbonyl (C=O) groups excluding carboxylic acids is 1. The van der Waals surface area contributed by atoms with Gasteiger partial charge in [-0.25, -0.2) is 8.42 Å². The van der Waals surface area contributed by atoms with E-state index in [1.165, 1.54) is 0 Å². The molecule has 98 valence electrons. The SMILES string of the molecule is CC1(NC(=O)C2CCCCN2)CCS(=O)(=O)C1. The van der Waals surface area contributed by atoms with Crippen molar-refractivity contribution in [3.63, 3.8) is 0 Å². The molecule has 5 nitrogen and oxygen atoms in total. The minimum absolute atomic E-state index is 0.0516. The van der Waals surface area contributed by atoms with Crippen molar-refractivity contribution >= 4 is 15.7 Å². The third kappa shape index (κ3) is 3.19. The summed E-state index contributed by atoms with van der Waals surface area (Å²) in [4.78, 5) is 12.0. The number of rotatable bonds is 2. The molecule has 2 N–H and O–H groups in total. The Morgan fingerprint density at radius 1 is 1.41 bits per heavy atom. The van der Waals surface area contributed by atoms with Crippen LogP contribution in [0.3, 0.4) is 0 Å². The van der Waals surface area contributed by atoms with E-state index in [1.807, 2.05) is 6.92 Å². The summed E-state index contributed by atoms with van der Waals surface area (Å²) in [5.74, 6) is 0.199. The molecule has 6 heteroatoms. The minimum Gasteiger partial charge on any atom is -0.349 e. The third-order valence-electron chi connectivity index (χ3n) is 3.56. The molecule has 2 rings (SSSR count). The van der Waals surface area contributed by atoms with Crippen molar-refractivity contribution in [3.05, 3.63) is 0 Å². The molecule has 0 aromatic carbocycles. The van der Waals surface area contributed by atoms with Crippen LogP contribution in [0.4, 0.5) is 0 Å². The lowest BCUT2D eigenvalue weighted by molar-refractivity contribution is -0.125. The lowest BCUT2D eigenvalue weighted by atomic mass is 9.99. The van der Waals surface area contributed by atoms with E-state index in [4.69, 9.17) is 0 Å². The molecule has 2 aliphatic heterocycles. The smallest absolute Gasteiger partial charge is 0.237 e. The van der Waals surface area contributed by atoms with Crippen LogP contribution in [-0.2, 0) is 14.6 Å². The maximum absolute atomic E-state index is 12.0. The Morgan fingerprint density at radius 2 is 2.18 bits per heavy atom. The molecule has 0 spiro atoms. The predicted octanol–water partition coefficient (Wildman–Crippen LogP) is -0.178. The van der Waals surface area contributed by atoms with Gasteiger partial charge in [0.15, 0.2) is 9.84 Å². The summed E-state index contributed by atoms with van der Waals surface area (Å²) in [7, 11) is -2.97. The van der Waals surface area contributed by atoms with Crippen molar-refractivity contribution in [1.82, 2.24) is 10.6 Å². The van der Waals surface area contributed by atoms with Crippen LogP contribution < -0.4 is 10.6 Å². The zero-order valence-corrected chi connectivity index (χ0v) is 11.0. The Bertz CT molecular complexity index is 401. The van der Waals surface area contributed by atoms with Gasteiger partial charge in [0.1, 0.15) is 0 Å². The zero-order chi connectivity index (χ0) is 12.5. The maximum Gasteiger partial charge on any atom is 0.237 e. The highest BCUT2D eigenvalue weighted by molar-refractivity contribution is 7.91. The number of piperidine rings is 1. The molecular weight excluding hydrogens is 240 g/mol. The van der Waals surface area contributed by atoms with Crippen LogP contribution in [0.1, 0.15) is 32.6 Å². The Labute approximate surface area is 102 Å². The number of sulfone groups is 1. The van der Waals surface area contributed by atoms with Crippen LogP contribution in [0.5, 0.6) is 0 Å². The van der Waals surface area contributed by atoms with Crippen molar-refractivity contribution in [3.8, 4) is 0 Å². The largest absolute Gasteiger partial charge is 0.349 e. The fourth-order valence-electron chi connectivity index (χ4n) is 2.57. The number of hydrogen-bond acceptors (Lipinski definition) is 4. The summed E-state index contributed by atoms with van der Waals surface area (Å²) < 4.78 is 22.9. The van der Waals surface area contributed by atoms with Gasteiger partial charge in [-0.2, -0.15) is 0 Å². The molecule has 2 fully saturated rings. The first-order chi connectivity index (χ1) is 7.90. The number of nitrogens with one attached hydrogen (secondary N) is 2. The number of amides is 1. The highest BCUT2D eigenvalue weighted by atomic mass is 32.2. The van der Waals surface area contributed by atoms with E-state index in [0.29, 0.717) is 6.42 Å². The molecule has 0 bridgehead atoms. The molecule has 17 heavy (non-hydrogen) atoms. The Balaban J connectivity index is 1.94. The Morgan fingerprint density at radius 3 is 2.71 bits per heavy atom. The van der Waals surface area contributed by atoms with Crippen LogP contribution in [0.25, 0.3) is 0 Å². The average Bonchev–Trinajstić information content (AvgIpc) is 2.54. The highest BCUT2D eigenvalue weighted by Crippen LogP contribution is 2.23. The van der Waals surface area contributed by atoms with Crippen molar-refractivity contribution in [2.75, 3.05) is 18.1 Å². The van der Waals surface area contributed by atoms with Crippen molar-refractivity contribution in [1.29, 1.82) is 0 Å². The molecule has 0 radical (unpaired) electrons. The molecule has 0 aliphatic carbocycles. The summed E-state index contributed by atoms with van der Waals surface area (Å²) in [6.45, 7) is 2.69. The fraction of sp³-hybridized carbons (Fsp3) is 0.909. The van der Waals surface area contributed by atoms with Crippen LogP contribution in [0.15, 0.2) is 0 Å². The predicted molar refractivity (Wildman–Crippen MR) is 65.5 cm³/mol. The molecule has 1 amide bonds. The van der Waals surface area contributed by atoms with Gasteiger partial charge in [0.2, 0.25) is 5.91 Å². The molecule has 0 saturated carbocycles. The van der Waals surface area contributed by atoms with E-state index in [9.17, 15) is 13.2 Å². The summed E-state index contributed by atoms with van der Waals surface area (Å²) in [6, 6.07) is -0.149. The van der Waals surface area contributed by atoms with Gasteiger partial charge >= 0.3 is 0 Å². The van der Waals surface area contributed by atoms with Gasteiger partial charge in [-0.15, -0.1) is 0 Å². The first kappa shape index (κ1) is 12.8. The van der Waals surface area contributed by atoms with E-state index in [-0.39, 0.29) is 23.5 Å². The van der Waals surface area contributed by atoms with Crippen LogP contribution >= 0.6 is 0 Å². The number of hydrogen-bond donors (Lipinski definition) is 2. The van der Waals surface area contributed by atoms with E-state index in [1.54, 1.807) is 0 Å². The molecule has 2 heterocycles. The van der Waals surface area contributed by atoms with Gasteiger partial charge in [0.25, 0.3) is 0 Å². The fourth-order valence-corrected chi connectivity index (χ4v) is 4.66. The van der Waals surface area contributed by atoms with E-state index >= 15 is 0 Å². The third-order valence-corrected chi connectivity index (χ3v) is 5.46. The second-order valence-corrected chi connectivity index (χ2v) is 7.58. The summed E-state index contributed by atoms with van der Waals surface area (Å²) in [5, 5.41) is 6.07. The van der Waals surface area contributed by atoms with E-state index in [2.05, 4.69) is 10.6 Å². The van der Waals surface area contributed by atoms with Gasteiger partial charge in [-0.05, 0) is 32.7 Å². The lowest BCUT2D eigenvalue weighted by Gasteiger charge is -2.29. The zero-order valence-electron chi connectivity index (χ0n) is 10.2. The summed E-state index contributed by atoms with van der Waals surface area (Å²) >= 11 is 0. The standard InChI is InChI=1S/C11H20N2O3S/c1-11(5-7-17(15,16)8-11)13-10(14)9-4-2-3-6-12-9/h9,12H,2-8H2,1H3,(H,13,14). The van der Waals surface area contributed by atoms with Gasteiger partial charge < -0.3 is 10.6 Å².